The van der Waals surface area contributed by atoms with Gasteiger partial charge in [-0.25, -0.2) is 0 Å². The molecule has 0 saturated carbocycles. The molecule has 2 aromatic heterocycles. The standard InChI is InChI=1S/C70H52N2O2.C3H6.2C2H6/c1-43(2)49-25-15-27-53-55-29-17-33-63(69(55)73-67(49)53)71(59-31-13-11-23-51(59)45-19-7-5-8-20-45)61-41-37-47-36-40-58-62(42-38-48-35-39-57(61)65(47)66(48)58)72(60-32-14-12-24-52(60)46-21-9-6-10-22-46)64-34-18-30-56-54-28-16-26-50(44(3)4)68(54)74-70(56)64;1-3-2;2*1-2/h5-44H,1-4H3;3H,1H2,2H3;2*1-2H3. The molecule has 0 radical (unpaired) electrons. The van der Waals surface area contributed by atoms with Gasteiger partial charge in [-0.15, -0.1) is 6.58 Å². The molecule has 0 amide bonds. The lowest BCUT2D eigenvalue weighted by Gasteiger charge is -2.31. The Morgan fingerprint density at radius 1 is 0.321 bits per heavy atom. The molecule has 4 nitrogen and oxygen atoms in total. The molecule has 4 heteroatoms. The molecule has 400 valence electrons. The van der Waals surface area contributed by atoms with Crippen LogP contribution in [0.5, 0.6) is 0 Å². The van der Waals surface area contributed by atoms with Crippen LogP contribution >= 0.6 is 0 Å². The van der Waals surface area contributed by atoms with Gasteiger partial charge < -0.3 is 18.6 Å². The maximum Gasteiger partial charge on any atom is 0.159 e. The van der Waals surface area contributed by atoms with Gasteiger partial charge in [0.15, 0.2) is 11.2 Å². The number of nitrogens with zero attached hydrogens (tertiary/aromatic N) is 2. The third-order valence-electron chi connectivity index (χ3n) is 15.4. The Hall–Kier alpha value is -9.38. The van der Waals surface area contributed by atoms with Crippen molar-refractivity contribution in [2.45, 2.75) is 74.1 Å². The lowest BCUT2D eigenvalue weighted by atomic mass is 9.91. The van der Waals surface area contributed by atoms with Crippen LogP contribution in [-0.4, -0.2) is 0 Å². The van der Waals surface area contributed by atoms with Gasteiger partial charge in [-0.05, 0) is 99.0 Å². The molecule has 81 heavy (non-hydrogen) atoms. The van der Waals surface area contributed by atoms with Gasteiger partial charge in [-0.3, -0.25) is 0 Å². The molecule has 2 heterocycles. The van der Waals surface area contributed by atoms with Crippen LogP contribution in [0.25, 0.3) is 98.4 Å². The summed E-state index contributed by atoms with van der Waals surface area (Å²) < 4.78 is 14.3. The molecule has 0 aliphatic rings. The molecular formula is C77H70N2O2. The minimum absolute atomic E-state index is 0.298. The van der Waals surface area contributed by atoms with Crippen molar-refractivity contribution < 1.29 is 8.83 Å². The average molecular weight is 1060 g/mol. The number of anilines is 6. The van der Waals surface area contributed by atoms with E-state index in [1.54, 1.807) is 6.08 Å². The smallest absolute Gasteiger partial charge is 0.159 e. The normalized spacial score (nSPS) is 11.3. The summed E-state index contributed by atoms with van der Waals surface area (Å²) in [6, 6.07) is 83.9. The van der Waals surface area contributed by atoms with Crippen molar-refractivity contribution in [1.29, 1.82) is 0 Å². The second-order valence-electron chi connectivity index (χ2n) is 20.7. The third kappa shape index (κ3) is 9.35. The Balaban J connectivity index is 0.000000946. The van der Waals surface area contributed by atoms with Crippen LogP contribution in [-0.2, 0) is 0 Å². The monoisotopic (exact) mass is 1050 g/mol. The Morgan fingerprint density at radius 2 is 0.642 bits per heavy atom. The number of benzene rings is 12. The van der Waals surface area contributed by atoms with Crippen LogP contribution in [0.3, 0.4) is 0 Å². The van der Waals surface area contributed by atoms with Gasteiger partial charge >= 0.3 is 0 Å². The van der Waals surface area contributed by atoms with Crippen molar-refractivity contribution in [1.82, 2.24) is 0 Å². The molecule has 0 atom stereocenters. The number of hydrogen-bond acceptors (Lipinski definition) is 4. The fourth-order valence-corrected chi connectivity index (χ4v) is 11.9. The second kappa shape index (κ2) is 23.1. The number of hydrogen-bond donors (Lipinski definition) is 0. The highest BCUT2D eigenvalue weighted by Crippen LogP contribution is 2.53. The number of fused-ring (bicyclic) bond motifs is 6. The molecule has 0 N–H and O–H groups in total. The van der Waals surface area contributed by atoms with Gasteiger partial charge in [0.25, 0.3) is 0 Å². The molecule has 0 fully saturated rings. The van der Waals surface area contributed by atoms with Crippen LogP contribution in [0.4, 0.5) is 34.1 Å². The average Bonchev–Trinajstić information content (AvgIpc) is 4.20. The van der Waals surface area contributed by atoms with Crippen molar-refractivity contribution in [3.63, 3.8) is 0 Å². The predicted molar refractivity (Wildman–Crippen MR) is 352 cm³/mol. The largest absolute Gasteiger partial charge is 0.454 e. The van der Waals surface area contributed by atoms with E-state index in [0.29, 0.717) is 11.8 Å². The van der Waals surface area contributed by atoms with Crippen LogP contribution in [0.15, 0.2) is 252 Å². The van der Waals surface area contributed by atoms with Crippen molar-refractivity contribution >= 4 is 110 Å². The summed E-state index contributed by atoms with van der Waals surface area (Å²) in [5.41, 5.74) is 16.8. The fourth-order valence-electron chi connectivity index (χ4n) is 11.9. The van der Waals surface area contributed by atoms with Gasteiger partial charge in [-0.1, -0.05) is 256 Å². The Bertz CT molecular complexity index is 4220. The first-order valence-electron chi connectivity index (χ1n) is 28.9. The first-order chi connectivity index (χ1) is 39.8. The van der Waals surface area contributed by atoms with E-state index in [4.69, 9.17) is 8.83 Å². The van der Waals surface area contributed by atoms with Gasteiger partial charge in [0.05, 0.1) is 34.1 Å². The summed E-state index contributed by atoms with van der Waals surface area (Å²) in [6.07, 6.45) is 1.75. The molecule has 14 rings (SSSR count). The van der Waals surface area contributed by atoms with E-state index in [0.717, 1.165) is 111 Å². The summed E-state index contributed by atoms with van der Waals surface area (Å²) >= 11 is 0. The van der Waals surface area contributed by atoms with Gasteiger partial charge in [0.2, 0.25) is 0 Å². The molecule has 0 unspecified atom stereocenters. The first-order valence-corrected chi connectivity index (χ1v) is 28.9. The Morgan fingerprint density at radius 3 is 1.02 bits per heavy atom. The summed E-state index contributed by atoms with van der Waals surface area (Å²) in [4.78, 5) is 4.90. The van der Waals surface area contributed by atoms with Gasteiger partial charge in [0, 0.05) is 43.4 Å². The second-order valence-corrected chi connectivity index (χ2v) is 20.7. The zero-order chi connectivity index (χ0) is 56.3. The topological polar surface area (TPSA) is 32.8 Å². The van der Waals surface area contributed by atoms with E-state index in [2.05, 4.69) is 275 Å². The fraction of sp³-hybridized carbons (Fsp3) is 0.143. The molecular weight excluding hydrogens is 985 g/mol. The van der Waals surface area contributed by atoms with Crippen LogP contribution < -0.4 is 9.80 Å². The minimum atomic E-state index is 0.298. The maximum absolute atomic E-state index is 7.15. The quantitative estimate of drug-likeness (QED) is 0.101. The van der Waals surface area contributed by atoms with Gasteiger partial charge in [0.1, 0.15) is 11.2 Å². The van der Waals surface area contributed by atoms with E-state index in [-0.39, 0.29) is 0 Å². The zero-order valence-corrected chi connectivity index (χ0v) is 48.1. The van der Waals surface area contributed by atoms with E-state index in [9.17, 15) is 0 Å². The number of para-hydroxylation sites is 6. The van der Waals surface area contributed by atoms with Crippen LogP contribution in [0, 0.1) is 0 Å². The number of furan rings is 2. The summed E-state index contributed by atoms with van der Waals surface area (Å²) in [7, 11) is 0. The summed E-state index contributed by atoms with van der Waals surface area (Å²) in [5.74, 6) is 0.597. The number of rotatable bonds is 10. The minimum Gasteiger partial charge on any atom is -0.454 e. The molecule has 0 aliphatic heterocycles. The zero-order valence-electron chi connectivity index (χ0n) is 48.1. The summed E-state index contributed by atoms with van der Waals surface area (Å²) in [6.45, 7) is 22.2. The molecule has 0 aliphatic carbocycles. The molecule has 0 spiro atoms. The lowest BCUT2D eigenvalue weighted by Crippen LogP contribution is -2.13. The van der Waals surface area contributed by atoms with Crippen molar-refractivity contribution in [2.75, 3.05) is 9.80 Å². The maximum atomic E-state index is 7.15. The lowest BCUT2D eigenvalue weighted by molar-refractivity contribution is 0.657. The molecule has 12 aromatic carbocycles. The van der Waals surface area contributed by atoms with E-state index < -0.39 is 0 Å². The Labute approximate surface area is 477 Å². The van der Waals surface area contributed by atoms with Crippen LogP contribution in [0.2, 0.25) is 0 Å². The SMILES string of the molecule is C=CC.CC.CC.CC(C)c1cccc2c1oc1c(N(c3ccccc3-c3ccccc3)c3ccc4ccc5c(N(c6ccccc6-c6ccccc6)c6cccc7c6oc6c(C(C)C)cccc67)ccc6ccc3c4c65)cccc12. The van der Waals surface area contributed by atoms with E-state index in [1.807, 2.05) is 34.6 Å². The van der Waals surface area contributed by atoms with Gasteiger partial charge in [-0.2, -0.15) is 0 Å². The number of allylic oxidation sites excluding steroid dienone is 1. The molecule has 0 bridgehead atoms. The first kappa shape index (κ1) is 53.6. The van der Waals surface area contributed by atoms with Crippen molar-refractivity contribution in [2.24, 2.45) is 0 Å². The summed E-state index contributed by atoms with van der Waals surface area (Å²) in [5, 5.41) is 11.5. The Kier molecular flexibility index (Phi) is 15.3. The highest BCUT2D eigenvalue weighted by atomic mass is 16.3. The third-order valence-corrected chi connectivity index (χ3v) is 15.4. The predicted octanol–water partition coefficient (Wildman–Crippen LogP) is 24.1. The van der Waals surface area contributed by atoms with Crippen LogP contribution in [0.1, 0.15) is 85.3 Å². The van der Waals surface area contributed by atoms with Crippen molar-refractivity contribution in [3.8, 4) is 22.3 Å². The molecule has 14 aromatic rings. The van der Waals surface area contributed by atoms with Crippen molar-refractivity contribution in [3.05, 3.63) is 254 Å². The highest BCUT2D eigenvalue weighted by molar-refractivity contribution is 6.29. The van der Waals surface area contributed by atoms with E-state index in [1.165, 1.54) is 32.7 Å². The molecule has 0 saturated heterocycles. The van der Waals surface area contributed by atoms with E-state index >= 15 is 0 Å². The highest BCUT2D eigenvalue weighted by Gasteiger charge is 2.28.